The molecule has 0 spiro atoms. The summed E-state index contributed by atoms with van der Waals surface area (Å²) >= 11 is 0. The third-order valence-electron chi connectivity index (χ3n) is 3.60. The minimum atomic E-state index is -0.536. The number of nitrogens with one attached hydrogen (secondary N) is 1. The fourth-order valence-corrected chi connectivity index (χ4v) is 2.21. The Hall–Kier alpha value is -1.35. The summed E-state index contributed by atoms with van der Waals surface area (Å²) in [5, 5.41) is 3.38. The van der Waals surface area contributed by atoms with Gasteiger partial charge in [0.15, 0.2) is 0 Å². The van der Waals surface area contributed by atoms with Crippen molar-refractivity contribution in [3.05, 3.63) is 35.9 Å². The molecule has 18 heavy (non-hydrogen) atoms. The Balaban J connectivity index is 2.00. The maximum absolute atomic E-state index is 12.1. The molecule has 0 aliphatic heterocycles. The lowest BCUT2D eigenvalue weighted by molar-refractivity contribution is -0.151. The van der Waals surface area contributed by atoms with E-state index in [2.05, 4.69) is 17.4 Å². The van der Waals surface area contributed by atoms with Crippen LogP contribution in [0.15, 0.2) is 30.3 Å². The summed E-state index contributed by atoms with van der Waals surface area (Å²) in [5.74, 6) is 0.295. The van der Waals surface area contributed by atoms with Gasteiger partial charge in [0.1, 0.15) is 5.54 Å². The van der Waals surface area contributed by atoms with Gasteiger partial charge in [-0.15, -0.1) is 0 Å². The highest BCUT2D eigenvalue weighted by molar-refractivity contribution is 5.81. The Morgan fingerprint density at radius 3 is 2.61 bits per heavy atom. The van der Waals surface area contributed by atoms with E-state index in [1.54, 1.807) is 0 Å². The first-order valence-electron chi connectivity index (χ1n) is 6.63. The number of carbonyl (C=O) groups excluding carboxylic acids is 1. The zero-order chi connectivity index (χ0) is 13.0. The fourth-order valence-electron chi connectivity index (χ4n) is 2.21. The molecule has 1 aliphatic carbocycles. The standard InChI is InChI=1S/C15H21NO2/c1-3-18-14(17)15(2,13-9-10-13)16-11-12-7-5-4-6-8-12/h4-8,13,16H,3,9-11H2,1-2H3. The molecule has 0 radical (unpaired) electrons. The monoisotopic (exact) mass is 247 g/mol. The molecule has 98 valence electrons. The van der Waals surface area contributed by atoms with Crippen molar-refractivity contribution in [3.8, 4) is 0 Å². The molecule has 1 N–H and O–H groups in total. The minimum Gasteiger partial charge on any atom is -0.465 e. The Morgan fingerprint density at radius 2 is 2.06 bits per heavy atom. The highest BCUT2D eigenvalue weighted by Gasteiger charge is 2.47. The van der Waals surface area contributed by atoms with E-state index in [9.17, 15) is 4.79 Å². The number of rotatable bonds is 6. The molecule has 3 heteroatoms. The van der Waals surface area contributed by atoms with Gasteiger partial charge in [-0.05, 0) is 38.2 Å². The maximum atomic E-state index is 12.1. The maximum Gasteiger partial charge on any atom is 0.326 e. The zero-order valence-electron chi connectivity index (χ0n) is 11.1. The summed E-state index contributed by atoms with van der Waals surface area (Å²) in [6, 6.07) is 10.1. The molecule has 1 aromatic carbocycles. The number of ether oxygens (including phenoxy) is 1. The number of benzene rings is 1. The summed E-state index contributed by atoms with van der Waals surface area (Å²) in [6.45, 7) is 4.95. The van der Waals surface area contributed by atoms with Gasteiger partial charge in [0.05, 0.1) is 6.61 Å². The summed E-state index contributed by atoms with van der Waals surface area (Å²) in [4.78, 5) is 12.1. The Bertz CT molecular complexity index is 400. The average Bonchev–Trinajstić information content (AvgIpc) is 3.22. The number of carbonyl (C=O) groups is 1. The second-order valence-corrected chi connectivity index (χ2v) is 5.04. The largest absolute Gasteiger partial charge is 0.465 e. The highest BCUT2D eigenvalue weighted by atomic mass is 16.5. The van der Waals surface area contributed by atoms with Crippen LogP contribution in [0.25, 0.3) is 0 Å². The van der Waals surface area contributed by atoms with Crippen molar-refractivity contribution < 1.29 is 9.53 Å². The Morgan fingerprint density at radius 1 is 1.39 bits per heavy atom. The van der Waals surface area contributed by atoms with Crippen LogP contribution in [0.2, 0.25) is 0 Å². The third kappa shape index (κ3) is 2.91. The minimum absolute atomic E-state index is 0.122. The topological polar surface area (TPSA) is 38.3 Å². The van der Waals surface area contributed by atoms with E-state index in [-0.39, 0.29) is 5.97 Å². The predicted molar refractivity (Wildman–Crippen MR) is 71.0 cm³/mol. The molecule has 0 saturated heterocycles. The molecule has 1 fully saturated rings. The van der Waals surface area contributed by atoms with Gasteiger partial charge in [-0.1, -0.05) is 30.3 Å². The lowest BCUT2D eigenvalue weighted by atomic mass is 9.95. The molecule has 3 nitrogen and oxygen atoms in total. The van der Waals surface area contributed by atoms with Gasteiger partial charge >= 0.3 is 5.97 Å². The van der Waals surface area contributed by atoms with Crippen LogP contribution in [0.1, 0.15) is 32.3 Å². The second-order valence-electron chi connectivity index (χ2n) is 5.04. The molecule has 0 aromatic heterocycles. The summed E-state index contributed by atoms with van der Waals surface area (Å²) in [7, 11) is 0. The van der Waals surface area contributed by atoms with Crippen LogP contribution >= 0.6 is 0 Å². The first kappa shape index (κ1) is 13.1. The van der Waals surface area contributed by atoms with E-state index in [0.29, 0.717) is 19.1 Å². The summed E-state index contributed by atoms with van der Waals surface area (Å²) in [6.07, 6.45) is 2.22. The summed E-state index contributed by atoms with van der Waals surface area (Å²) in [5.41, 5.74) is 0.653. The van der Waals surface area contributed by atoms with Gasteiger partial charge in [0.25, 0.3) is 0 Å². The number of hydrogen-bond donors (Lipinski definition) is 1. The predicted octanol–water partition coefficient (Wildman–Crippen LogP) is 2.51. The van der Waals surface area contributed by atoms with Gasteiger partial charge in [0, 0.05) is 6.54 Å². The van der Waals surface area contributed by atoms with E-state index in [4.69, 9.17) is 4.74 Å². The normalized spacial score (nSPS) is 18.1. The zero-order valence-corrected chi connectivity index (χ0v) is 11.1. The molecule has 1 atom stereocenters. The molecule has 1 saturated carbocycles. The Kier molecular flexibility index (Phi) is 4.02. The van der Waals surface area contributed by atoms with Gasteiger partial charge < -0.3 is 4.74 Å². The molecule has 1 aromatic rings. The first-order valence-corrected chi connectivity index (χ1v) is 6.63. The van der Waals surface area contributed by atoms with E-state index in [1.807, 2.05) is 32.0 Å². The lowest BCUT2D eigenvalue weighted by Crippen LogP contribution is -2.52. The van der Waals surface area contributed by atoms with Crippen LogP contribution in [0.4, 0.5) is 0 Å². The molecular weight excluding hydrogens is 226 g/mol. The van der Waals surface area contributed by atoms with Crippen LogP contribution in [0.3, 0.4) is 0 Å². The van der Waals surface area contributed by atoms with Crippen molar-refractivity contribution >= 4 is 5.97 Å². The first-order chi connectivity index (χ1) is 8.66. The van der Waals surface area contributed by atoms with Gasteiger partial charge in [-0.3, -0.25) is 10.1 Å². The van der Waals surface area contributed by atoms with Crippen molar-refractivity contribution in [1.29, 1.82) is 0 Å². The quantitative estimate of drug-likeness (QED) is 0.785. The smallest absolute Gasteiger partial charge is 0.326 e. The van der Waals surface area contributed by atoms with Crippen molar-refractivity contribution in [1.82, 2.24) is 5.32 Å². The van der Waals surface area contributed by atoms with Crippen LogP contribution in [-0.4, -0.2) is 18.1 Å². The van der Waals surface area contributed by atoms with Gasteiger partial charge in [0.2, 0.25) is 0 Å². The van der Waals surface area contributed by atoms with Crippen LogP contribution in [0.5, 0.6) is 0 Å². The van der Waals surface area contributed by atoms with E-state index < -0.39 is 5.54 Å². The lowest BCUT2D eigenvalue weighted by Gasteiger charge is -2.28. The van der Waals surface area contributed by atoms with E-state index >= 15 is 0 Å². The van der Waals surface area contributed by atoms with Crippen LogP contribution < -0.4 is 5.32 Å². The van der Waals surface area contributed by atoms with Crippen molar-refractivity contribution in [3.63, 3.8) is 0 Å². The number of esters is 1. The Labute approximate surface area is 109 Å². The molecule has 0 bridgehead atoms. The van der Waals surface area contributed by atoms with Crippen molar-refractivity contribution in [2.45, 2.75) is 38.8 Å². The molecular formula is C15H21NO2. The molecule has 2 rings (SSSR count). The third-order valence-corrected chi connectivity index (χ3v) is 3.60. The molecule has 1 aliphatic rings. The highest BCUT2D eigenvalue weighted by Crippen LogP contribution is 2.40. The molecule has 0 heterocycles. The van der Waals surface area contributed by atoms with E-state index in [0.717, 1.165) is 12.8 Å². The number of hydrogen-bond acceptors (Lipinski definition) is 3. The van der Waals surface area contributed by atoms with E-state index in [1.165, 1.54) is 5.56 Å². The van der Waals surface area contributed by atoms with Crippen molar-refractivity contribution in [2.75, 3.05) is 6.61 Å². The van der Waals surface area contributed by atoms with Gasteiger partial charge in [-0.25, -0.2) is 0 Å². The van der Waals surface area contributed by atoms with Crippen molar-refractivity contribution in [2.24, 2.45) is 5.92 Å². The molecule has 0 amide bonds. The van der Waals surface area contributed by atoms with Gasteiger partial charge in [-0.2, -0.15) is 0 Å². The second kappa shape index (κ2) is 5.53. The average molecular weight is 247 g/mol. The van der Waals surface area contributed by atoms with Crippen LogP contribution in [-0.2, 0) is 16.1 Å². The summed E-state index contributed by atoms with van der Waals surface area (Å²) < 4.78 is 5.20. The molecule has 1 unspecified atom stereocenters. The SMILES string of the molecule is CCOC(=O)C(C)(NCc1ccccc1)C1CC1. The fraction of sp³-hybridized carbons (Fsp3) is 0.533. The van der Waals surface area contributed by atoms with Crippen LogP contribution in [0, 0.1) is 5.92 Å².